The average molecular weight is 445 g/mol. The Bertz CT molecular complexity index is 797. The minimum atomic E-state index is -1.26. The van der Waals surface area contributed by atoms with E-state index in [1.165, 1.54) is 24.8 Å². The van der Waals surface area contributed by atoms with Crippen molar-refractivity contribution in [2.45, 2.75) is 103 Å². The Morgan fingerprint density at radius 3 is 2.47 bits per heavy atom. The van der Waals surface area contributed by atoms with Crippen LogP contribution in [0.25, 0.3) is 0 Å². The molecule has 3 aliphatic rings. The maximum absolute atomic E-state index is 10.6. The maximum Gasteiger partial charge on any atom is 0.108 e. The summed E-state index contributed by atoms with van der Waals surface area (Å²) in [5.74, 6) is 1.39. The molecule has 0 radical (unpaired) electrons. The van der Waals surface area contributed by atoms with E-state index in [2.05, 4.69) is 38.7 Å². The molecule has 0 amide bonds. The molecular formula is C28H44O4. The number of hydrogen-bond acceptors (Lipinski definition) is 4. The number of aliphatic hydroxyl groups excluding tert-OH is 2. The molecule has 0 aliphatic heterocycles. The highest BCUT2D eigenvalue weighted by atomic mass is 16.3. The van der Waals surface area contributed by atoms with Gasteiger partial charge in [0.25, 0.3) is 0 Å². The molecule has 0 saturated heterocycles. The van der Waals surface area contributed by atoms with Crippen LogP contribution in [-0.2, 0) is 0 Å². The van der Waals surface area contributed by atoms with Crippen LogP contribution >= 0.6 is 0 Å². The second-order valence-electron chi connectivity index (χ2n) is 11.6. The van der Waals surface area contributed by atoms with Crippen molar-refractivity contribution in [3.8, 4) is 0 Å². The lowest BCUT2D eigenvalue weighted by Crippen LogP contribution is -2.46. The lowest BCUT2D eigenvalue weighted by atomic mass is 9.61. The highest BCUT2D eigenvalue weighted by Crippen LogP contribution is 2.59. The summed E-state index contributed by atoms with van der Waals surface area (Å²) >= 11 is 0. The lowest BCUT2D eigenvalue weighted by Gasteiger charge is -2.44. The Labute approximate surface area is 194 Å². The summed E-state index contributed by atoms with van der Waals surface area (Å²) < 4.78 is 0. The third kappa shape index (κ3) is 4.99. The third-order valence-corrected chi connectivity index (χ3v) is 8.90. The van der Waals surface area contributed by atoms with Crippen LogP contribution in [0.2, 0.25) is 0 Å². The van der Waals surface area contributed by atoms with Crippen LogP contribution < -0.4 is 0 Å². The van der Waals surface area contributed by atoms with Crippen molar-refractivity contribution in [2.75, 3.05) is 0 Å². The molecule has 0 heterocycles. The summed E-state index contributed by atoms with van der Waals surface area (Å²) in [6.07, 6.45) is 13.8. The molecule has 3 rings (SSSR count). The molecule has 0 bridgehead atoms. The van der Waals surface area contributed by atoms with Crippen molar-refractivity contribution >= 4 is 0 Å². The molecule has 3 saturated carbocycles. The van der Waals surface area contributed by atoms with Crippen molar-refractivity contribution in [3.63, 3.8) is 0 Å². The van der Waals surface area contributed by atoms with Crippen molar-refractivity contribution in [3.05, 3.63) is 47.6 Å². The standard InChI is InChI=1S/C28H44O4/c1-18(13-15-28(6,32)26(3,4)31)23-11-12-24-20(8-7-14-27(23,24)5)9-10-21-16-22(29)17-25(30)19(21)2/h9-10,13,15,18,22-25,29-32H,2,7-8,11-12,14,16-17H2,1,3-6H3/b15-13+,20-9+,21-10+/t18?,22?,23?,24?,25-,27+,28+/m0/s1. The summed E-state index contributed by atoms with van der Waals surface area (Å²) in [4.78, 5) is 0. The van der Waals surface area contributed by atoms with Gasteiger partial charge in [-0.2, -0.15) is 0 Å². The summed E-state index contributed by atoms with van der Waals surface area (Å²) in [6, 6.07) is 0. The first-order valence-electron chi connectivity index (χ1n) is 12.4. The van der Waals surface area contributed by atoms with E-state index in [1.54, 1.807) is 26.8 Å². The fourth-order valence-electron chi connectivity index (χ4n) is 6.29. The van der Waals surface area contributed by atoms with E-state index in [9.17, 15) is 20.4 Å². The average Bonchev–Trinajstić information content (AvgIpc) is 3.04. The largest absolute Gasteiger partial charge is 0.393 e. The smallest absolute Gasteiger partial charge is 0.108 e. The number of allylic oxidation sites excluding steroid dienone is 4. The van der Waals surface area contributed by atoms with Gasteiger partial charge in [0.05, 0.1) is 17.8 Å². The Morgan fingerprint density at radius 1 is 1.12 bits per heavy atom. The van der Waals surface area contributed by atoms with Gasteiger partial charge in [0.2, 0.25) is 0 Å². The van der Waals surface area contributed by atoms with Crippen LogP contribution in [0.15, 0.2) is 47.6 Å². The van der Waals surface area contributed by atoms with Crippen molar-refractivity contribution in [2.24, 2.45) is 23.2 Å². The Kier molecular flexibility index (Phi) is 7.32. The van der Waals surface area contributed by atoms with E-state index in [1.807, 2.05) is 0 Å². The van der Waals surface area contributed by atoms with Gasteiger partial charge >= 0.3 is 0 Å². The van der Waals surface area contributed by atoms with Crippen LogP contribution in [0, 0.1) is 23.2 Å². The Hall–Kier alpha value is -1.20. The number of rotatable bonds is 5. The van der Waals surface area contributed by atoms with Gasteiger partial charge in [0.15, 0.2) is 0 Å². The summed E-state index contributed by atoms with van der Waals surface area (Å²) in [7, 11) is 0. The second kappa shape index (κ2) is 9.21. The Morgan fingerprint density at radius 2 is 1.81 bits per heavy atom. The van der Waals surface area contributed by atoms with E-state index in [-0.39, 0.29) is 5.41 Å². The van der Waals surface area contributed by atoms with Crippen molar-refractivity contribution in [1.82, 2.24) is 0 Å². The number of hydrogen-bond donors (Lipinski definition) is 4. The molecule has 180 valence electrons. The molecule has 4 N–H and O–H groups in total. The first-order chi connectivity index (χ1) is 14.8. The zero-order valence-electron chi connectivity index (χ0n) is 20.6. The van der Waals surface area contributed by atoms with Gasteiger partial charge in [-0.25, -0.2) is 0 Å². The normalized spacial score (nSPS) is 39.5. The molecule has 7 atom stereocenters. The molecule has 0 spiro atoms. The van der Waals surface area contributed by atoms with E-state index in [0.29, 0.717) is 30.6 Å². The van der Waals surface area contributed by atoms with Gasteiger partial charge in [-0.3, -0.25) is 0 Å². The molecular weight excluding hydrogens is 400 g/mol. The van der Waals surface area contributed by atoms with Crippen molar-refractivity contribution < 1.29 is 20.4 Å². The predicted molar refractivity (Wildman–Crippen MR) is 130 cm³/mol. The van der Waals surface area contributed by atoms with E-state index < -0.39 is 23.4 Å². The van der Waals surface area contributed by atoms with Crippen LogP contribution in [0.5, 0.6) is 0 Å². The first kappa shape index (κ1) is 25.4. The Balaban J connectivity index is 1.78. The topological polar surface area (TPSA) is 80.9 Å². The third-order valence-electron chi connectivity index (χ3n) is 8.90. The summed E-state index contributed by atoms with van der Waals surface area (Å²) in [5, 5.41) is 41.1. The van der Waals surface area contributed by atoms with Crippen LogP contribution in [0.1, 0.15) is 79.6 Å². The second-order valence-corrected chi connectivity index (χ2v) is 11.6. The van der Waals surface area contributed by atoms with Crippen molar-refractivity contribution in [1.29, 1.82) is 0 Å². The van der Waals surface area contributed by atoms with E-state index in [4.69, 9.17) is 0 Å². The minimum absolute atomic E-state index is 0.218. The highest BCUT2D eigenvalue weighted by molar-refractivity contribution is 5.38. The molecule has 3 aliphatic carbocycles. The van der Waals surface area contributed by atoms with Gasteiger partial charge in [-0.1, -0.05) is 50.3 Å². The SMILES string of the molecule is C=C1/C(=C/C=C2\CCC[C@@]3(C)C2CCC3C(C)/C=C/[C@@](C)(O)C(C)(C)O)CC(O)C[C@@H]1O. The molecule has 4 nitrogen and oxygen atoms in total. The first-order valence-corrected chi connectivity index (χ1v) is 12.4. The van der Waals surface area contributed by atoms with Gasteiger partial charge in [0, 0.05) is 6.42 Å². The number of fused-ring (bicyclic) bond motifs is 1. The zero-order valence-corrected chi connectivity index (χ0v) is 20.6. The predicted octanol–water partition coefficient (Wildman–Crippen LogP) is 4.84. The molecule has 4 heteroatoms. The van der Waals surface area contributed by atoms with Crippen LogP contribution in [0.4, 0.5) is 0 Å². The van der Waals surface area contributed by atoms with Gasteiger partial charge in [-0.15, -0.1) is 0 Å². The van der Waals surface area contributed by atoms with E-state index >= 15 is 0 Å². The quantitative estimate of drug-likeness (QED) is 0.457. The molecule has 0 aromatic carbocycles. The molecule has 0 aromatic rings. The van der Waals surface area contributed by atoms with Gasteiger partial charge in [0.1, 0.15) is 5.60 Å². The molecule has 0 aromatic heterocycles. The lowest BCUT2D eigenvalue weighted by molar-refractivity contribution is -0.0886. The van der Waals surface area contributed by atoms with Crippen LogP contribution in [-0.4, -0.2) is 43.8 Å². The van der Waals surface area contributed by atoms with Gasteiger partial charge in [-0.05, 0) is 93.6 Å². The van der Waals surface area contributed by atoms with E-state index in [0.717, 1.165) is 24.0 Å². The number of aliphatic hydroxyl groups is 4. The van der Waals surface area contributed by atoms with Crippen LogP contribution in [0.3, 0.4) is 0 Å². The zero-order chi connectivity index (χ0) is 23.9. The maximum atomic E-state index is 10.6. The fourth-order valence-corrected chi connectivity index (χ4v) is 6.29. The highest BCUT2D eigenvalue weighted by Gasteiger charge is 2.50. The molecule has 4 unspecified atom stereocenters. The molecule has 32 heavy (non-hydrogen) atoms. The summed E-state index contributed by atoms with van der Waals surface area (Å²) in [5.41, 5.74) is 0.958. The fraction of sp³-hybridized carbons (Fsp3) is 0.714. The monoisotopic (exact) mass is 444 g/mol. The van der Waals surface area contributed by atoms with Gasteiger partial charge < -0.3 is 20.4 Å². The molecule has 3 fully saturated rings. The summed E-state index contributed by atoms with van der Waals surface area (Å²) in [6.45, 7) is 13.7. The minimum Gasteiger partial charge on any atom is -0.393 e.